The molecule has 1 fully saturated rings. The number of nitrogens with one attached hydrogen (secondary N) is 1. The molecule has 0 aliphatic carbocycles. The minimum atomic E-state index is -0.0251. The van der Waals surface area contributed by atoms with Gasteiger partial charge >= 0.3 is 0 Å². The second-order valence-corrected chi connectivity index (χ2v) is 5.60. The van der Waals surface area contributed by atoms with Gasteiger partial charge in [0.15, 0.2) is 5.11 Å². The van der Waals surface area contributed by atoms with Crippen molar-refractivity contribution in [3.05, 3.63) is 27.6 Å². The molecule has 1 aromatic heterocycles. The molecule has 1 saturated heterocycles. The summed E-state index contributed by atoms with van der Waals surface area (Å²) in [4.78, 5) is 15.9. The second-order valence-electron chi connectivity index (χ2n) is 3.89. The number of thiophene rings is 1. The summed E-state index contributed by atoms with van der Waals surface area (Å²) in [5.74, 6) is -0.0251. The standard InChI is InChI=1S/C12H14N2OS2/c1-3-6-14-11(15)10(13-12(14)16)7-9-5-4-8(2)17-9/h4-5,7H,3,6H2,1-2H3,(H,13,16)/b10-7-. The van der Waals surface area contributed by atoms with E-state index in [4.69, 9.17) is 12.2 Å². The Morgan fingerprint density at radius 3 is 2.88 bits per heavy atom. The SMILES string of the molecule is CCCN1C(=O)/C(=C/c2ccc(C)s2)NC1=S. The highest BCUT2D eigenvalue weighted by atomic mass is 32.1. The van der Waals surface area contributed by atoms with Crippen LogP contribution in [-0.4, -0.2) is 22.5 Å². The van der Waals surface area contributed by atoms with Gasteiger partial charge in [0.05, 0.1) is 0 Å². The van der Waals surface area contributed by atoms with Gasteiger partial charge in [-0.1, -0.05) is 6.92 Å². The van der Waals surface area contributed by atoms with Crippen molar-refractivity contribution in [1.82, 2.24) is 10.2 Å². The Hall–Kier alpha value is -1.20. The molecular formula is C12H14N2OS2. The van der Waals surface area contributed by atoms with Crippen molar-refractivity contribution in [2.75, 3.05) is 6.54 Å². The fourth-order valence-electron chi connectivity index (χ4n) is 1.67. The maximum absolute atomic E-state index is 12.0. The van der Waals surface area contributed by atoms with Gasteiger partial charge in [-0.2, -0.15) is 0 Å². The van der Waals surface area contributed by atoms with E-state index in [-0.39, 0.29) is 5.91 Å². The van der Waals surface area contributed by atoms with Crippen LogP contribution in [0.2, 0.25) is 0 Å². The zero-order valence-electron chi connectivity index (χ0n) is 9.82. The van der Waals surface area contributed by atoms with Crippen LogP contribution in [0.5, 0.6) is 0 Å². The quantitative estimate of drug-likeness (QED) is 0.674. The lowest BCUT2D eigenvalue weighted by atomic mass is 10.3. The van der Waals surface area contributed by atoms with Crippen molar-refractivity contribution in [2.45, 2.75) is 20.3 Å². The fraction of sp³-hybridized carbons (Fsp3) is 0.333. The molecule has 2 rings (SSSR count). The Bertz CT molecular complexity index is 490. The van der Waals surface area contributed by atoms with Crippen molar-refractivity contribution < 1.29 is 4.79 Å². The summed E-state index contributed by atoms with van der Waals surface area (Å²) < 4.78 is 0. The van der Waals surface area contributed by atoms with Crippen LogP contribution in [0.3, 0.4) is 0 Å². The Morgan fingerprint density at radius 2 is 2.29 bits per heavy atom. The highest BCUT2D eigenvalue weighted by Crippen LogP contribution is 2.20. The van der Waals surface area contributed by atoms with Gasteiger partial charge in [-0.3, -0.25) is 9.69 Å². The molecular weight excluding hydrogens is 252 g/mol. The van der Waals surface area contributed by atoms with Crippen LogP contribution in [-0.2, 0) is 4.79 Å². The molecule has 1 aliphatic rings. The third-order valence-electron chi connectivity index (χ3n) is 2.46. The average molecular weight is 266 g/mol. The summed E-state index contributed by atoms with van der Waals surface area (Å²) in [5.41, 5.74) is 0.574. The molecule has 1 aliphatic heterocycles. The minimum Gasteiger partial charge on any atom is -0.328 e. The van der Waals surface area contributed by atoms with Crippen LogP contribution in [0.15, 0.2) is 17.8 Å². The number of hydrogen-bond acceptors (Lipinski definition) is 3. The topological polar surface area (TPSA) is 32.3 Å². The predicted octanol–water partition coefficient (Wildman–Crippen LogP) is 2.52. The van der Waals surface area contributed by atoms with E-state index in [1.807, 2.05) is 32.1 Å². The van der Waals surface area contributed by atoms with Gasteiger partial charge in [0.2, 0.25) is 0 Å². The molecule has 0 aromatic carbocycles. The van der Waals surface area contributed by atoms with Gasteiger partial charge in [0, 0.05) is 16.3 Å². The molecule has 0 atom stereocenters. The molecule has 2 heterocycles. The maximum Gasteiger partial charge on any atom is 0.276 e. The second kappa shape index (κ2) is 4.98. The molecule has 0 unspecified atom stereocenters. The Morgan fingerprint density at radius 1 is 1.53 bits per heavy atom. The fourth-order valence-corrected chi connectivity index (χ4v) is 2.78. The van der Waals surface area contributed by atoms with Crippen LogP contribution in [0.25, 0.3) is 6.08 Å². The Balaban J connectivity index is 2.21. The van der Waals surface area contributed by atoms with E-state index in [0.717, 1.165) is 11.3 Å². The number of amides is 1. The summed E-state index contributed by atoms with van der Waals surface area (Å²) in [7, 11) is 0. The number of nitrogens with zero attached hydrogens (tertiary/aromatic N) is 1. The molecule has 17 heavy (non-hydrogen) atoms. The predicted molar refractivity (Wildman–Crippen MR) is 74.8 cm³/mol. The lowest BCUT2D eigenvalue weighted by Crippen LogP contribution is -2.31. The molecule has 5 heteroatoms. The number of hydrogen-bond donors (Lipinski definition) is 1. The van der Waals surface area contributed by atoms with Gasteiger partial charge in [-0.25, -0.2) is 0 Å². The van der Waals surface area contributed by atoms with Crippen LogP contribution >= 0.6 is 23.6 Å². The molecule has 90 valence electrons. The van der Waals surface area contributed by atoms with Gasteiger partial charge < -0.3 is 5.32 Å². The van der Waals surface area contributed by atoms with Crippen LogP contribution in [0, 0.1) is 6.92 Å². The number of aryl methyl sites for hydroxylation is 1. The molecule has 0 radical (unpaired) electrons. The summed E-state index contributed by atoms with van der Waals surface area (Å²) in [6.07, 6.45) is 2.76. The highest BCUT2D eigenvalue weighted by Gasteiger charge is 2.29. The van der Waals surface area contributed by atoms with Gasteiger partial charge in [-0.05, 0) is 43.8 Å². The molecule has 3 nitrogen and oxygen atoms in total. The zero-order valence-corrected chi connectivity index (χ0v) is 11.5. The summed E-state index contributed by atoms with van der Waals surface area (Å²) >= 11 is 6.80. The lowest BCUT2D eigenvalue weighted by Gasteiger charge is -2.11. The van der Waals surface area contributed by atoms with Crippen LogP contribution in [0.1, 0.15) is 23.1 Å². The van der Waals surface area contributed by atoms with E-state index in [1.165, 1.54) is 4.88 Å². The molecule has 0 spiro atoms. The van der Waals surface area contributed by atoms with E-state index in [9.17, 15) is 4.79 Å². The minimum absolute atomic E-state index is 0.0251. The lowest BCUT2D eigenvalue weighted by molar-refractivity contribution is -0.122. The van der Waals surface area contributed by atoms with Crippen molar-refractivity contribution in [1.29, 1.82) is 0 Å². The van der Waals surface area contributed by atoms with Crippen molar-refractivity contribution in [3.63, 3.8) is 0 Å². The number of carbonyl (C=O) groups is 1. The molecule has 1 aromatic rings. The molecule has 0 bridgehead atoms. The van der Waals surface area contributed by atoms with Crippen LogP contribution < -0.4 is 5.32 Å². The molecule has 1 N–H and O–H groups in total. The average Bonchev–Trinajstić information content (AvgIpc) is 2.79. The Labute approximate surface area is 110 Å². The largest absolute Gasteiger partial charge is 0.328 e. The first-order chi connectivity index (χ1) is 8.11. The number of rotatable bonds is 3. The molecule has 1 amide bonds. The summed E-state index contributed by atoms with van der Waals surface area (Å²) in [6.45, 7) is 4.75. The monoisotopic (exact) mass is 266 g/mol. The van der Waals surface area contributed by atoms with Gasteiger partial charge in [0.25, 0.3) is 5.91 Å². The zero-order chi connectivity index (χ0) is 12.4. The van der Waals surface area contributed by atoms with E-state index in [0.29, 0.717) is 17.4 Å². The third-order valence-corrected chi connectivity index (χ3v) is 3.73. The number of carbonyl (C=O) groups excluding carboxylic acids is 1. The van der Waals surface area contributed by atoms with Crippen molar-refractivity contribution in [2.24, 2.45) is 0 Å². The van der Waals surface area contributed by atoms with E-state index >= 15 is 0 Å². The first kappa shape index (κ1) is 12.3. The number of thiocarbonyl (C=S) groups is 1. The van der Waals surface area contributed by atoms with Gasteiger partial charge in [-0.15, -0.1) is 11.3 Å². The first-order valence-corrected chi connectivity index (χ1v) is 6.75. The maximum atomic E-state index is 12.0. The Kier molecular flexibility index (Phi) is 3.59. The van der Waals surface area contributed by atoms with Gasteiger partial charge in [0.1, 0.15) is 5.70 Å². The van der Waals surface area contributed by atoms with E-state index in [1.54, 1.807) is 16.2 Å². The first-order valence-electron chi connectivity index (χ1n) is 5.53. The smallest absolute Gasteiger partial charge is 0.276 e. The van der Waals surface area contributed by atoms with Crippen molar-refractivity contribution >= 4 is 40.7 Å². The summed E-state index contributed by atoms with van der Waals surface area (Å²) in [5, 5.41) is 3.48. The highest BCUT2D eigenvalue weighted by molar-refractivity contribution is 7.80. The van der Waals surface area contributed by atoms with E-state index in [2.05, 4.69) is 5.32 Å². The van der Waals surface area contributed by atoms with E-state index < -0.39 is 0 Å². The normalized spacial score (nSPS) is 18.0. The van der Waals surface area contributed by atoms with Crippen LogP contribution in [0.4, 0.5) is 0 Å². The third kappa shape index (κ3) is 2.56. The van der Waals surface area contributed by atoms with Crippen molar-refractivity contribution in [3.8, 4) is 0 Å². The summed E-state index contributed by atoms with van der Waals surface area (Å²) in [6, 6.07) is 4.05. The molecule has 0 saturated carbocycles.